The molecule has 0 radical (unpaired) electrons. The number of rotatable bonds is 6. The number of carboxylic acids is 1. The smallest absolute Gasteiger partial charge is 0.326 e. The minimum atomic E-state index is -1.24. The van der Waals surface area contributed by atoms with E-state index in [9.17, 15) is 14.4 Å². The van der Waals surface area contributed by atoms with Crippen LogP contribution in [0.3, 0.4) is 0 Å². The number of nitrogens with zero attached hydrogens (tertiary/aromatic N) is 1. The molecule has 1 unspecified atom stereocenters. The fourth-order valence-electron chi connectivity index (χ4n) is 1.19. The summed E-state index contributed by atoms with van der Waals surface area (Å²) < 4.78 is 0. The average molecular weight is 255 g/mol. The number of hydrogen-bond donors (Lipinski definition) is 5. The number of aromatic nitrogens is 2. The van der Waals surface area contributed by atoms with E-state index in [-0.39, 0.29) is 12.8 Å². The Bertz CT molecular complexity index is 430. The highest BCUT2D eigenvalue weighted by Crippen LogP contribution is 2.02. The van der Waals surface area contributed by atoms with Crippen LogP contribution in [-0.2, 0) is 9.59 Å². The number of carbonyl (C=O) groups excluding carboxylic acids is 2. The molecule has 3 amide bonds. The van der Waals surface area contributed by atoms with Crippen LogP contribution in [0.4, 0.5) is 10.5 Å². The summed E-state index contributed by atoms with van der Waals surface area (Å²) in [5, 5.41) is 19.5. The van der Waals surface area contributed by atoms with Crippen LogP contribution in [0.25, 0.3) is 0 Å². The Morgan fingerprint density at radius 2 is 2.22 bits per heavy atom. The molecule has 0 aliphatic rings. The number of hydrogen-bond acceptors (Lipinski definition) is 4. The lowest BCUT2D eigenvalue weighted by Crippen LogP contribution is -2.43. The van der Waals surface area contributed by atoms with Crippen LogP contribution in [0.5, 0.6) is 0 Å². The second-order valence-corrected chi connectivity index (χ2v) is 3.48. The van der Waals surface area contributed by atoms with Gasteiger partial charge in [0.25, 0.3) is 0 Å². The summed E-state index contributed by atoms with van der Waals surface area (Å²) in [6.45, 7) is 0. The molecule has 9 heteroatoms. The lowest BCUT2D eigenvalue weighted by molar-refractivity contribution is -0.139. The molecule has 0 bridgehead atoms. The first-order valence-corrected chi connectivity index (χ1v) is 5.06. The standard InChI is InChI=1S/C9H13N5O4/c10-7(15)2-1-6(8(16)17)14-9(18)13-5-3-11-12-4-5/h3-4,6H,1-2H2,(H2,10,15)(H,11,12)(H,16,17)(H2,13,14,18). The van der Waals surface area contributed by atoms with E-state index in [4.69, 9.17) is 10.8 Å². The minimum Gasteiger partial charge on any atom is -0.480 e. The molecule has 0 fully saturated rings. The summed E-state index contributed by atoms with van der Waals surface area (Å²) in [5.74, 6) is -1.86. The van der Waals surface area contributed by atoms with Crippen molar-refractivity contribution in [1.29, 1.82) is 0 Å². The molecule has 0 spiro atoms. The topological polar surface area (TPSA) is 150 Å². The maximum Gasteiger partial charge on any atom is 0.326 e. The summed E-state index contributed by atoms with van der Waals surface area (Å²) in [4.78, 5) is 32.8. The van der Waals surface area contributed by atoms with E-state index < -0.39 is 23.9 Å². The zero-order chi connectivity index (χ0) is 13.5. The maximum absolute atomic E-state index is 11.4. The number of aromatic amines is 1. The third-order valence-electron chi connectivity index (χ3n) is 2.04. The van der Waals surface area contributed by atoms with Crippen molar-refractivity contribution in [2.24, 2.45) is 5.73 Å². The quantitative estimate of drug-likeness (QED) is 0.453. The molecule has 0 aliphatic carbocycles. The van der Waals surface area contributed by atoms with Crippen LogP contribution < -0.4 is 16.4 Å². The van der Waals surface area contributed by atoms with Gasteiger partial charge in [0.2, 0.25) is 5.91 Å². The Balaban J connectivity index is 2.47. The van der Waals surface area contributed by atoms with Crippen LogP contribution in [0, 0.1) is 0 Å². The van der Waals surface area contributed by atoms with Crippen LogP contribution >= 0.6 is 0 Å². The molecule has 1 rings (SSSR count). The third-order valence-corrected chi connectivity index (χ3v) is 2.04. The number of carbonyl (C=O) groups is 3. The van der Waals surface area contributed by atoms with E-state index in [0.717, 1.165) is 0 Å². The predicted molar refractivity (Wildman–Crippen MR) is 60.6 cm³/mol. The van der Waals surface area contributed by atoms with Crippen LogP contribution in [0.2, 0.25) is 0 Å². The number of primary amides is 1. The lowest BCUT2D eigenvalue weighted by Gasteiger charge is -2.13. The Labute approximate surface area is 102 Å². The van der Waals surface area contributed by atoms with E-state index in [2.05, 4.69) is 20.8 Å². The van der Waals surface area contributed by atoms with Crippen molar-refractivity contribution >= 4 is 23.6 Å². The lowest BCUT2D eigenvalue weighted by atomic mass is 10.1. The second kappa shape index (κ2) is 6.23. The zero-order valence-corrected chi connectivity index (χ0v) is 9.34. The van der Waals surface area contributed by atoms with Gasteiger partial charge in [0.1, 0.15) is 6.04 Å². The Morgan fingerprint density at radius 3 is 2.72 bits per heavy atom. The van der Waals surface area contributed by atoms with Gasteiger partial charge in [-0.1, -0.05) is 0 Å². The van der Waals surface area contributed by atoms with Gasteiger partial charge in [-0.2, -0.15) is 5.10 Å². The van der Waals surface area contributed by atoms with Crippen molar-refractivity contribution in [3.8, 4) is 0 Å². The van der Waals surface area contributed by atoms with Gasteiger partial charge in [-0.3, -0.25) is 9.89 Å². The van der Waals surface area contributed by atoms with Gasteiger partial charge in [0.15, 0.2) is 0 Å². The molecule has 1 aromatic heterocycles. The minimum absolute atomic E-state index is 0.0660. The van der Waals surface area contributed by atoms with E-state index in [1.54, 1.807) is 0 Å². The highest BCUT2D eigenvalue weighted by atomic mass is 16.4. The van der Waals surface area contributed by atoms with Gasteiger partial charge in [-0.05, 0) is 6.42 Å². The number of H-pyrrole nitrogens is 1. The van der Waals surface area contributed by atoms with Crippen molar-refractivity contribution in [3.05, 3.63) is 12.4 Å². The molecule has 1 aromatic rings. The highest BCUT2D eigenvalue weighted by molar-refractivity contribution is 5.92. The number of aliphatic carboxylic acids is 1. The monoisotopic (exact) mass is 255 g/mol. The van der Waals surface area contributed by atoms with Crippen molar-refractivity contribution in [3.63, 3.8) is 0 Å². The molecule has 9 nitrogen and oxygen atoms in total. The third kappa shape index (κ3) is 4.51. The second-order valence-electron chi connectivity index (χ2n) is 3.48. The molecule has 1 heterocycles. The largest absolute Gasteiger partial charge is 0.480 e. The Hall–Kier alpha value is -2.58. The number of nitrogens with one attached hydrogen (secondary N) is 3. The maximum atomic E-state index is 11.4. The van der Waals surface area contributed by atoms with Crippen LogP contribution in [0.1, 0.15) is 12.8 Å². The first-order chi connectivity index (χ1) is 8.49. The first kappa shape index (κ1) is 13.5. The van der Waals surface area contributed by atoms with E-state index >= 15 is 0 Å². The number of anilines is 1. The molecule has 0 aromatic carbocycles. The molecule has 18 heavy (non-hydrogen) atoms. The van der Waals surface area contributed by atoms with Crippen molar-refractivity contribution in [1.82, 2.24) is 15.5 Å². The van der Waals surface area contributed by atoms with Gasteiger partial charge in [-0.25, -0.2) is 9.59 Å². The van der Waals surface area contributed by atoms with Gasteiger partial charge in [0.05, 0.1) is 11.9 Å². The van der Waals surface area contributed by atoms with Gasteiger partial charge >= 0.3 is 12.0 Å². The normalized spacial score (nSPS) is 11.6. The summed E-state index contributed by atoms with van der Waals surface area (Å²) in [6, 6.07) is -1.88. The Morgan fingerprint density at radius 1 is 1.50 bits per heavy atom. The van der Waals surface area contributed by atoms with Crippen molar-refractivity contribution < 1.29 is 19.5 Å². The molecule has 6 N–H and O–H groups in total. The first-order valence-electron chi connectivity index (χ1n) is 5.06. The predicted octanol–water partition coefficient (Wildman–Crippen LogP) is -0.750. The molecule has 0 saturated heterocycles. The number of amides is 3. The fraction of sp³-hybridized carbons (Fsp3) is 0.333. The van der Waals surface area contributed by atoms with Crippen molar-refractivity contribution in [2.45, 2.75) is 18.9 Å². The van der Waals surface area contributed by atoms with Gasteiger partial charge in [-0.15, -0.1) is 0 Å². The summed E-state index contributed by atoms with van der Waals surface area (Å²) in [5.41, 5.74) is 5.30. The molecular weight excluding hydrogens is 242 g/mol. The average Bonchev–Trinajstić information content (AvgIpc) is 2.76. The molecule has 0 saturated carbocycles. The van der Waals surface area contributed by atoms with Crippen LogP contribution in [-0.4, -0.2) is 39.3 Å². The highest BCUT2D eigenvalue weighted by Gasteiger charge is 2.20. The molecule has 98 valence electrons. The van der Waals surface area contributed by atoms with E-state index in [1.807, 2.05) is 0 Å². The molecule has 0 aliphatic heterocycles. The number of carboxylic acid groups (broad SMARTS) is 1. The summed E-state index contributed by atoms with van der Waals surface area (Å²) in [7, 11) is 0. The SMILES string of the molecule is NC(=O)CCC(NC(=O)Nc1cn[nH]c1)C(=O)O. The molecule has 1 atom stereocenters. The summed E-state index contributed by atoms with van der Waals surface area (Å²) in [6.07, 6.45) is 2.60. The van der Waals surface area contributed by atoms with E-state index in [1.165, 1.54) is 12.4 Å². The molecular formula is C9H13N5O4. The van der Waals surface area contributed by atoms with E-state index in [0.29, 0.717) is 5.69 Å². The van der Waals surface area contributed by atoms with Gasteiger partial charge in [0, 0.05) is 12.6 Å². The van der Waals surface area contributed by atoms with Crippen molar-refractivity contribution in [2.75, 3.05) is 5.32 Å². The number of nitrogens with two attached hydrogens (primary N) is 1. The Kier molecular flexibility index (Phi) is 4.67. The number of urea groups is 1. The summed E-state index contributed by atoms with van der Waals surface area (Å²) >= 11 is 0. The van der Waals surface area contributed by atoms with Gasteiger partial charge < -0.3 is 21.5 Å². The zero-order valence-electron chi connectivity index (χ0n) is 9.34. The fourth-order valence-corrected chi connectivity index (χ4v) is 1.19. The van der Waals surface area contributed by atoms with Crippen LogP contribution in [0.15, 0.2) is 12.4 Å².